The van der Waals surface area contributed by atoms with Gasteiger partial charge in [0.05, 0.1) is 17.1 Å². The van der Waals surface area contributed by atoms with E-state index < -0.39 is 17.3 Å². The Morgan fingerprint density at radius 1 is 1.29 bits per heavy atom. The van der Waals surface area contributed by atoms with E-state index in [4.69, 9.17) is 11.6 Å². The van der Waals surface area contributed by atoms with Gasteiger partial charge in [0, 0.05) is 9.58 Å². The lowest BCUT2D eigenvalue weighted by Gasteiger charge is -2.22. The second kappa shape index (κ2) is 6.51. The first-order chi connectivity index (χ1) is 11.4. The number of rotatable bonds is 4. The van der Waals surface area contributed by atoms with E-state index in [1.807, 2.05) is 30.3 Å². The smallest absolute Gasteiger partial charge is 0.255 e. The lowest BCUT2D eigenvalue weighted by molar-refractivity contribution is 0.0556. The summed E-state index contributed by atoms with van der Waals surface area (Å²) in [6, 6.07) is 13.7. The van der Waals surface area contributed by atoms with Crippen LogP contribution in [0.2, 0.25) is 5.02 Å². The summed E-state index contributed by atoms with van der Waals surface area (Å²) in [5, 5.41) is 14.3. The predicted molar refractivity (Wildman–Crippen MR) is 95.1 cm³/mol. The number of amides is 1. The van der Waals surface area contributed by atoms with Crippen molar-refractivity contribution in [3.8, 4) is 0 Å². The van der Waals surface area contributed by atoms with Crippen LogP contribution in [0.5, 0.6) is 0 Å². The van der Waals surface area contributed by atoms with Gasteiger partial charge in [-0.3, -0.25) is 4.79 Å². The summed E-state index contributed by atoms with van der Waals surface area (Å²) in [5.41, 5.74) is -1.48. The van der Waals surface area contributed by atoms with E-state index >= 15 is 0 Å². The van der Waals surface area contributed by atoms with Crippen LogP contribution >= 0.6 is 22.9 Å². The maximum Gasteiger partial charge on any atom is 0.255 e. The van der Waals surface area contributed by atoms with Crippen LogP contribution in [0.4, 0.5) is 4.39 Å². The molecule has 0 spiro atoms. The Morgan fingerprint density at radius 2 is 2.04 bits per heavy atom. The molecule has 0 fully saturated rings. The Balaban J connectivity index is 1.78. The molecule has 0 aliphatic heterocycles. The zero-order valence-corrected chi connectivity index (χ0v) is 14.4. The highest BCUT2D eigenvalue weighted by Crippen LogP contribution is 2.33. The number of thiophene rings is 1. The third-order valence-electron chi connectivity index (χ3n) is 3.74. The minimum Gasteiger partial charge on any atom is -0.383 e. The quantitative estimate of drug-likeness (QED) is 0.724. The number of hydrogen-bond donors (Lipinski definition) is 2. The lowest BCUT2D eigenvalue weighted by Crippen LogP contribution is -2.38. The van der Waals surface area contributed by atoms with E-state index in [1.54, 1.807) is 6.92 Å². The first-order valence-electron chi connectivity index (χ1n) is 7.32. The second-order valence-electron chi connectivity index (χ2n) is 5.70. The van der Waals surface area contributed by atoms with Crippen LogP contribution in [0.15, 0.2) is 48.5 Å². The number of aliphatic hydroxyl groups is 1. The monoisotopic (exact) mass is 363 g/mol. The zero-order chi connectivity index (χ0) is 17.3. The molecule has 1 heterocycles. The highest BCUT2D eigenvalue weighted by atomic mass is 35.5. The molecule has 124 valence electrons. The number of carbonyl (C=O) groups excluding carboxylic acids is 1. The van der Waals surface area contributed by atoms with Crippen LogP contribution in [0.1, 0.15) is 22.2 Å². The van der Waals surface area contributed by atoms with Gasteiger partial charge in [0.15, 0.2) is 0 Å². The second-order valence-corrected chi connectivity index (χ2v) is 7.19. The molecular formula is C18H15ClFNO2S. The van der Waals surface area contributed by atoms with Gasteiger partial charge in [0.2, 0.25) is 0 Å². The normalized spacial score (nSPS) is 13.7. The van der Waals surface area contributed by atoms with E-state index in [9.17, 15) is 14.3 Å². The molecule has 0 aliphatic rings. The van der Waals surface area contributed by atoms with Gasteiger partial charge in [0.25, 0.3) is 5.91 Å². The topological polar surface area (TPSA) is 49.3 Å². The molecule has 3 nitrogen and oxygen atoms in total. The largest absolute Gasteiger partial charge is 0.383 e. The molecule has 1 atom stereocenters. The van der Waals surface area contributed by atoms with Crippen LogP contribution in [0.3, 0.4) is 0 Å². The van der Waals surface area contributed by atoms with Crippen LogP contribution in [0.25, 0.3) is 10.1 Å². The number of fused-ring (bicyclic) bond motifs is 1. The van der Waals surface area contributed by atoms with Crippen molar-refractivity contribution in [1.82, 2.24) is 5.32 Å². The summed E-state index contributed by atoms with van der Waals surface area (Å²) < 4.78 is 14.8. The maximum atomic E-state index is 13.8. The van der Waals surface area contributed by atoms with Gasteiger partial charge in [-0.15, -0.1) is 11.3 Å². The molecule has 0 radical (unpaired) electrons. The molecule has 0 saturated heterocycles. The summed E-state index contributed by atoms with van der Waals surface area (Å²) in [7, 11) is 0. The van der Waals surface area contributed by atoms with E-state index in [2.05, 4.69) is 5.32 Å². The minimum absolute atomic E-state index is 0.0361. The fraction of sp³-hybridized carbons (Fsp3) is 0.167. The van der Waals surface area contributed by atoms with E-state index in [1.165, 1.54) is 29.5 Å². The molecule has 3 rings (SSSR count). The SMILES string of the molecule is CC(O)(CNC(=O)c1c(F)cccc1Cl)c1cc2ccccc2s1. The third-order valence-corrected chi connectivity index (χ3v) is 5.42. The Labute approximate surface area is 147 Å². The molecule has 24 heavy (non-hydrogen) atoms. The van der Waals surface area contributed by atoms with Gasteiger partial charge in [-0.1, -0.05) is 35.9 Å². The molecule has 6 heteroatoms. The van der Waals surface area contributed by atoms with Gasteiger partial charge >= 0.3 is 0 Å². The predicted octanol–water partition coefficient (Wildman–Crippen LogP) is 4.33. The molecule has 3 aromatic rings. The van der Waals surface area contributed by atoms with Gasteiger partial charge < -0.3 is 10.4 Å². The molecule has 2 N–H and O–H groups in total. The third kappa shape index (κ3) is 3.29. The fourth-order valence-electron chi connectivity index (χ4n) is 2.39. The summed E-state index contributed by atoms with van der Waals surface area (Å²) in [6.07, 6.45) is 0. The lowest BCUT2D eigenvalue weighted by atomic mass is 10.0. The zero-order valence-electron chi connectivity index (χ0n) is 12.8. The average Bonchev–Trinajstić information content (AvgIpc) is 2.98. The van der Waals surface area contributed by atoms with E-state index in [-0.39, 0.29) is 17.1 Å². The maximum absolute atomic E-state index is 13.8. The molecule has 1 unspecified atom stereocenters. The minimum atomic E-state index is -1.27. The van der Waals surface area contributed by atoms with Gasteiger partial charge in [-0.25, -0.2) is 4.39 Å². The summed E-state index contributed by atoms with van der Waals surface area (Å²) >= 11 is 7.34. The molecule has 0 aliphatic carbocycles. The van der Waals surface area contributed by atoms with Gasteiger partial charge in [-0.2, -0.15) is 0 Å². The van der Waals surface area contributed by atoms with Gasteiger partial charge in [0.1, 0.15) is 11.4 Å². The molecule has 0 bridgehead atoms. The van der Waals surface area contributed by atoms with Crippen LogP contribution in [-0.2, 0) is 5.60 Å². The molecular weight excluding hydrogens is 349 g/mol. The number of nitrogens with one attached hydrogen (secondary N) is 1. The fourth-order valence-corrected chi connectivity index (χ4v) is 3.75. The standard InChI is InChI=1S/C18H15ClFNO2S/c1-18(23,15-9-11-5-2-3-8-14(11)24-15)10-21-17(22)16-12(19)6-4-7-13(16)20/h2-9,23H,10H2,1H3,(H,21,22). The van der Waals surface area contributed by atoms with Crippen LogP contribution < -0.4 is 5.32 Å². The Morgan fingerprint density at radius 3 is 2.75 bits per heavy atom. The van der Waals surface area contributed by atoms with Crippen molar-refractivity contribution in [2.75, 3.05) is 6.54 Å². The number of halogens is 2. The first-order valence-corrected chi connectivity index (χ1v) is 8.51. The van der Waals surface area contributed by atoms with Crippen molar-refractivity contribution in [2.45, 2.75) is 12.5 Å². The molecule has 1 aromatic heterocycles. The van der Waals surface area contributed by atoms with E-state index in [0.717, 1.165) is 15.0 Å². The average molecular weight is 364 g/mol. The summed E-state index contributed by atoms with van der Waals surface area (Å²) in [4.78, 5) is 12.9. The summed E-state index contributed by atoms with van der Waals surface area (Å²) in [6.45, 7) is 1.56. The molecule has 1 amide bonds. The molecule has 0 saturated carbocycles. The number of hydrogen-bond acceptors (Lipinski definition) is 3. The first kappa shape index (κ1) is 16.9. The van der Waals surface area contributed by atoms with Crippen molar-refractivity contribution in [3.63, 3.8) is 0 Å². The molecule has 2 aromatic carbocycles. The van der Waals surface area contributed by atoms with Crippen molar-refractivity contribution in [2.24, 2.45) is 0 Å². The number of carbonyl (C=O) groups is 1. The van der Waals surface area contributed by atoms with Crippen LogP contribution in [0, 0.1) is 5.82 Å². The Hall–Kier alpha value is -1.95. The van der Waals surface area contributed by atoms with Crippen molar-refractivity contribution >= 4 is 38.9 Å². The van der Waals surface area contributed by atoms with E-state index in [0.29, 0.717) is 0 Å². The van der Waals surface area contributed by atoms with Crippen molar-refractivity contribution < 1.29 is 14.3 Å². The summed E-state index contributed by atoms with van der Waals surface area (Å²) in [5.74, 6) is -1.35. The van der Waals surface area contributed by atoms with Gasteiger partial charge in [-0.05, 0) is 36.6 Å². The number of benzene rings is 2. The van der Waals surface area contributed by atoms with Crippen LogP contribution in [-0.4, -0.2) is 17.6 Å². The highest BCUT2D eigenvalue weighted by molar-refractivity contribution is 7.19. The van der Waals surface area contributed by atoms with Crippen molar-refractivity contribution in [3.05, 3.63) is 69.8 Å². The Kier molecular flexibility index (Phi) is 4.58. The highest BCUT2D eigenvalue weighted by Gasteiger charge is 2.27. The van der Waals surface area contributed by atoms with Crippen molar-refractivity contribution in [1.29, 1.82) is 0 Å². The Bertz CT molecular complexity index is 854.